The highest BCUT2D eigenvalue weighted by molar-refractivity contribution is 5.70. The van der Waals surface area contributed by atoms with Crippen LogP contribution in [0, 0.1) is 0 Å². The lowest BCUT2D eigenvalue weighted by atomic mass is 10.0. The van der Waals surface area contributed by atoms with Crippen LogP contribution in [0.1, 0.15) is 265 Å². The van der Waals surface area contributed by atoms with E-state index in [-0.39, 0.29) is 25.2 Å². The summed E-state index contributed by atoms with van der Waals surface area (Å²) in [5.74, 6) is -0.441. The largest absolute Gasteiger partial charge is 0.462 e. The van der Waals surface area contributed by atoms with E-state index in [0.29, 0.717) is 19.4 Å². The number of hydrogen-bond donors (Lipinski definition) is 0. The zero-order valence-corrected chi connectivity index (χ0v) is 46.0. The Balaban J connectivity index is 4.38. The first-order chi connectivity index (χ1) is 34.6. The fourth-order valence-corrected chi connectivity index (χ4v) is 8.00. The Morgan fingerprint density at radius 2 is 0.643 bits per heavy atom. The van der Waals surface area contributed by atoms with Gasteiger partial charge in [-0.2, -0.15) is 0 Å². The van der Waals surface area contributed by atoms with Gasteiger partial charge in [0.15, 0.2) is 6.10 Å². The Hall–Kier alpha value is -3.44. The van der Waals surface area contributed by atoms with Crippen LogP contribution < -0.4 is 0 Å². The third kappa shape index (κ3) is 57.1. The van der Waals surface area contributed by atoms with Gasteiger partial charge in [0.25, 0.3) is 0 Å². The molecule has 0 rings (SSSR count). The molecule has 0 aliphatic heterocycles. The lowest BCUT2D eigenvalue weighted by molar-refractivity contribution is -0.163. The van der Waals surface area contributed by atoms with Crippen molar-refractivity contribution in [1.82, 2.24) is 0 Å². The topological polar surface area (TPSA) is 61.8 Å². The first kappa shape index (κ1) is 66.6. The van der Waals surface area contributed by atoms with Gasteiger partial charge in [0.2, 0.25) is 0 Å². The van der Waals surface area contributed by atoms with Gasteiger partial charge in [-0.05, 0) is 103 Å². The summed E-state index contributed by atoms with van der Waals surface area (Å²) >= 11 is 0. The monoisotopic (exact) mass is 971 g/mol. The minimum Gasteiger partial charge on any atom is -0.462 e. The standard InChI is InChI=1S/C65H110O5/c1-4-7-10-13-16-19-22-25-28-31-33-35-37-40-43-46-49-52-55-58-64(66)69-62-63(61-68-60-57-54-51-48-45-42-39-36-32-29-26-23-20-17-14-11-8-5-2)70-65(67)59-56-53-50-47-44-41-38-34-30-27-24-21-18-15-12-9-6-3/h7-8,10-11,16-17,19-20,25-26,28-29,33,35-36,39-40,43,63H,4-6,9,12-15,18,21-24,27,30-32,34,37-38,41-42,44-62H2,1-3H3/b10-7-,11-8-,19-16-,20-17-,28-25-,29-26-,35-33-,39-36-,43-40-. The Kier molecular flexibility index (Phi) is 56.9. The minimum atomic E-state index is -0.566. The van der Waals surface area contributed by atoms with Crippen molar-refractivity contribution >= 4 is 11.9 Å². The van der Waals surface area contributed by atoms with E-state index in [0.717, 1.165) is 116 Å². The average molecular weight is 972 g/mol. The van der Waals surface area contributed by atoms with E-state index in [1.54, 1.807) is 0 Å². The number of ether oxygens (including phenoxy) is 3. The molecule has 0 bridgehead atoms. The molecule has 0 heterocycles. The van der Waals surface area contributed by atoms with Crippen LogP contribution >= 0.6 is 0 Å². The summed E-state index contributed by atoms with van der Waals surface area (Å²) in [4.78, 5) is 25.6. The molecule has 0 aliphatic carbocycles. The van der Waals surface area contributed by atoms with E-state index in [4.69, 9.17) is 14.2 Å². The zero-order chi connectivity index (χ0) is 50.6. The molecule has 70 heavy (non-hydrogen) atoms. The van der Waals surface area contributed by atoms with E-state index in [1.807, 2.05) is 0 Å². The molecule has 0 N–H and O–H groups in total. The van der Waals surface area contributed by atoms with Crippen molar-refractivity contribution < 1.29 is 23.8 Å². The number of carbonyl (C=O) groups excluding carboxylic acids is 2. The molecule has 0 saturated heterocycles. The molecule has 5 nitrogen and oxygen atoms in total. The van der Waals surface area contributed by atoms with E-state index in [2.05, 4.69) is 130 Å². The van der Waals surface area contributed by atoms with Gasteiger partial charge in [-0.25, -0.2) is 0 Å². The molecule has 1 unspecified atom stereocenters. The van der Waals surface area contributed by atoms with Crippen LogP contribution in [-0.4, -0.2) is 37.9 Å². The lowest BCUT2D eigenvalue weighted by Crippen LogP contribution is -2.30. The Labute approximate surface area is 434 Å². The van der Waals surface area contributed by atoms with Crippen molar-refractivity contribution in [3.8, 4) is 0 Å². The van der Waals surface area contributed by atoms with Crippen molar-refractivity contribution in [3.63, 3.8) is 0 Å². The van der Waals surface area contributed by atoms with Gasteiger partial charge in [0, 0.05) is 19.4 Å². The second kappa shape index (κ2) is 59.9. The van der Waals surface area contributed by atoms with Gasteiger partial charge in [0.05, 0.1) is 6.61 Å². The summed E-state index contributed by atoms with van der Waals surface area (Å²) in [5.41, 5.74) is 0. The Morgan fingerprint density at radius 1 is 0.329 bits per heavy atom. The van der Waals surface area contributed by atoms with Gasteiger partial charge >= 0.3 is 11.9 Å². The minimum absolute atomic E-state index is 0.0565. The van der Waals surface area contributed by atoms with Gasteiger partial charge < -0.3 is 14.2 Å². The fourth-order valence-electron chi connectivity index (χ4n) is 8.00. The second-order valence-electron chi connectivity index (χ2n) is 19.1. The van der Waals surface area contributed by atoms with Crippen LogP contribution in [0.2, 0.25) is 0 Å². The fraction of sp³-hybridized carbons (Fsp3) is 0.692. The molecule has 0 spiro atoms. The van der Waals surface area contributed by atoms with Crippen LogP contribution in [0.3, 0.4) is 0 Å². The lowest BCUT2D eigenvalue weighted by Gasteiger charge is -2.18. The molecular weight excluding hydrogens is 861 g/mol. The number of unbranched alkanes of at least 4 members (excludes halogenated alkanes) is 24. The first-order valence-electron chi connectivity index (χ1n) is 29.4. The molecule has 0 aliphatic rings. The van der Waals surface area contributed by atoms with E-state index in [9.17, 15) is 9.59 Å². The highest BCUT2D eigenvalue weighted by atomic mass is 16.6. The van der Waals surface area contributed by atoms with Crippen molar-refractivity contribution in [3.05, 3.63) is 109 Å². The molecule has 0 radical (unpaired) electrons. The van der Waals surface area contributed by atoms with E-state index >= 15 is 0 Å². The van der Waals surface area contributed by atoms with Crippen molar-refractivity contribution in [2.75, 3.05) is 19.8 Å². The number of allylic oxidation sites excluding steroid dienone is 18. The molecule has 0 saturated carbocycles. The van der Waals surface area contributed by atoms with Gasteiger partial charge in [-0.1, -0.05) is 259 Å². The summed E-state index contributed by atoms with van der Waals surface area (Å²) in [6.45, 7) is 7.55. The SMILES string of the molecule is CC/C=C\C/C=C\C/C=C\C/C=C\C/C=C\CCCCCC(=O)OCC(COCCCCCCC/C=C\C/C=C\C/C=C\C/C=C\CC)OC(=O)CCCCCCCCCCCCCCCCCCC. The summed E-state index contributed by atoms with van der Waals surface area (Å²) in [6, 6.07) is 0. The molecule has 0 aromatic heterocycles. The summed E-state index contributed by atoms with van der Waals surface area (Å²) in [5, 5.41) is 0. The van der Waals surface area contributed by atoms with Crippen molar-refractivity contribution in [2.24, 2.45) is 0 Å². The molecule has 0 fully saturated rings. The van der Waals surface area contributed by atoms with E-state index in [1.165, 1.54) is 116 Å². The first-order valence-corrected chi connectivity index (χ1v) is 29.4. The quantitative estimate of drug-likeness (QED) is 0.0345. The second-order valence-corrected chi connectivity index (χ2v) is 19.1. The third-order valence-corrected chi connectivity index (χ3v) is 12.3. The summed E-state index contributed by atoms with van der Waals surface area (Å²) < 4.78 is 17.5. The summed E-state index contributed by atoms with van der Waals surface area (Å²) in [7, 11) is 0. The van der Waals surface area contributed by atoms with Crippen LogP contribution in [0.4, 0.5) is 0 Å². The average Bonchev–Trinajstić information content (AvgIpc) is 3.36. The molecule has 0 aromatic carbocycles. The number of hydrogen-bond acceptors (Lipinski definition) is 5. The number of carbonyl (C=O) groups is 2. The van der Waals surface area contributed by atoms with Crippen LogP contribution in [0.25, 0.3) is 0 Å². The van der Waals surface area contributed by atoms with Crippen LogP contribution in [-0.2, 0) is 23.8 Å². The van der Waals surface area contributed by atoms with Gasteiger partial charge in [-0.15, -0.1) is 0 Å². The molecule has 400 valence electrons. The Morgan fingerprint density at radius 3 is 1.04 bits per heavy atom. The highest BCUT2D eigenvalue weighted by Crippen LogP contribution is 2.15. The highest BCUT2D eigenvalue weighted by Gasteiger charge is 2.17. The maximum Gasteiger partial charge on any atom is 0.306 e. The third-order valence-electron chi connectivity index (χ3n) is 12.3. The smallest absolute Gasteiger partial charge is 0.306 e. The molecule has 5 heteroatoms. The maximum atomic E-state index is 12.9. The summed E-state index contributed by atoms with van der Waals surface area (Å²) in [6.07, 6.45) is 82.5. The molecule has 1 atom stereocenters. The zero-order valence-electron chi connectivity index (χ0n) is 46.0. The molecular formula is C65H110O5. The number of rotatable bonds is 53. The van der Waals surface area contributed by atoms with Crippen molar-refractivity contribution in [2.45, 2.75) is 271 Å². The van der Waals surface area contributed by atoms with Gasteiger partial charge in [0.1, 0.15) is 6.61 Å². The molecule has 0 aromatic rings. The van der Waals surface area contributed by atoms with E-state index < -0.39 is 6.10 Å². The predicted octanol–water partition coefficient (Wildman–Crippen LogP) is 20.3. The number of esters is 2. The van der Waals surface area contributed by atoms with Crippen LogP contribution in [0.5, 0.6) is 0 Å². The maximum absolute atomic E-state index is 12.9. The molecule has 0 amide bonds. The van der Waals surface area contributed by atoms with Crippen LogP contribution in [0.15, 0.2) is 109 Å². The normalized spacial score (nSPS) is 13.0. The van der Waals surface area contributed by atoms with Gasteiger partial charge in [-0.3, -0.25) is 9.59 Å². The Bertz CT molecular complexity index is 1380. The van der Waals surface area contributed by atoms with Crippen molar-refractivity contribution in [1.29, 1.82) is 0 Å². The predicted molar refractivity (Wildman–Crippen MR) is 306 cm³/mol.